The summed E-state index contributed by atoms with van der Waals surface area (Å²) in [5.74, 6) is -0.303. The maximum Gasteiger partial charge on any atom is 0.319 e. The van der Waals surface area contributed by atoms with Gasteiger partial charge < -0.3 is 4.74 Å². The molecule has 19 heavy (non-hydrogen) atoms. The lowest BCUT2D eigenvalue weighted by Crippen LogP contribution is -2.47. The van der Waals surface area contributed by atoms with Crippen molar-refractivity contribution in [2.24, 2.45) is 5.41 Å². The van der Waals surface area contributed by atoms with Gasteiger partial charge in [-0.05, 0) is 12.8 Å². The number of nitrogens with zero attached hydrogens (tertiary/aromatic N) is 1. The highest BCUT2D eigenvalue weighted by Crippen LogP contribution is 2.30. The third kappa shape index (κ3) is 3.41. The zero-order valence-corrected chi connectivity index (χ0v) is 12.0. The molecule has 5 nitrogen and oxygen atoms in total. The van der Waals surface area contributed by atoms with Gasteiger partial charge in [-0.25, -0.2) is 0 Å². The van der Waals surface area contributed by atoms with Gasteiger partial charge in [0.15, 0.2) is 5.78 Å². The highest BCUT2D eigenvalue weighted by atomic mass is 16.5. The van der Waals surface area contributed by atoms with E-state index < -0.39 is 11.4 Å². The van der Waals surface area contributed by atoms with Gasteiger partial charge in [-0.3, -0.25) is 19.3 Å². The summed E-state index contributed by atoms with van der Waals surface area (Å²) in [5, 5.41) is 0. The minimum absolute atomic E-state index is 0.0984. The molecule has 1 aliphatic heterocycles. The Kier molecular flexibility index (Phi) is 5.66. The smallest absolute Gasteiger partial charge is 0.319 e. The molecule has 0 radical (unpaired) electrons. The van der Waals surface area contributed by atoms with E-state index in [0.29, 0.717) is 38.8 Å². The molecular formula is C14H23NO4. The molecule has 1 fully saturated rings. The lowest BCUT2D eigenvalue weighted by atomic mass is 9.78. The minimum atomic E-state index is -1.03. The standard InChI is InChI=1S/C14H23NO4/c1-4-14(5-2,13(18)19-3)12(17)10-15-8-6-11(16)7-9-15/h4-10H2,1-3H3. The van der Waals surface area contributed by atoms with Crippen molar-refractivity contribution < 1.29 is 19.1 Å². The molecule has 0 aliphatic carbocycles. The third-order valence-corrected chi connectivity index (χ3v) is 4.10. The van der Waals surface area contributed by atoms with Crippen LogP contribution < -0.4 is 0 Å². The first-order chi connectivity index (χ1) is 9.00. The summed E-state index contributed by atoms with van der Waals surface area (Å²) < 4.78 is 4.79. The van der Waals surface area contributed by atoms with Gasteiger partial charge in [-0.1, -0.05) is 13.8 Å². The van der Waals surface area contributed by atoms with E-state index in [9.17, 15) is 14.4 Å². The second-order valence-electron chi connectivity index (χ2n) is 5.02. The van der Waals surface area contributed by atoms with E-state index in [1.807, 2.05) is 18.7 Å². The largest absolute Gasteiger partial charge is 0.468 e. The van der Waals surface area contributed by atoms with Crippen LogP contribution in [0, 0.1) is 5.41 Å². The normalized spacial score (nSPS) is 17.3. The number of carbonyl (C=O) groups excluding carboxylic acids is 3. The van der Waals surface area contributed by atoms with Gasteiger partial charge in [-0.2, -0.15) is 0 Å². The molecule has 0 amide bonds. The van der Waals surface area contributed by atoms with Crippen LogP contribution in [0.25, 0.3) is 0 Å². The average Bonchev–Trinajstić information content (AvgIpc) is 2.43. The van der Waals surface area contributed by atoms with Crippen molar-refractivity contribution in [3.8, 4) is 0 Å². The van der Waals surface area contributed by atoms with Gasteiger partial charge in [-0.15, -0.1) is 0 Å². The van der Waals surface area contributed by atoms with Crippen LogP contribution in [0.5, 0.6) is 0 Å². The molecule has 0 aromatic carbocycles. The van der Waals surface area contributed by atoms with Gasteiger partial charge in [0.05, 0.1) is 13.7 Å². The van der Waals surface area contributed by atoms with Crippen LogP contribution in [0.4, 0.5) is 0 Å². The highest BCUT2D eigenvalue weighted by molar-refractivity contribution is 6.04. The van der Waals surface area contributed by atoms with Crippen molar-refractivity contribution in [2.45, 2.75) is 39.5 Å². The second kappa shape index (κ2) is 6.80. The maximum atomic E-state index is 12.4. The molecule has 0 atom stereocenters. The molecule has 0 spiro atoms. The van der Waals surface area contributed by atoms with E-state index in [2.05, 4.69) is 0 Å². The van der Waals surface area contributed by atoms with Crippen LogP contribution >= 0.6 is 0 Å². The zero-order chi connectivity index (χ0) is 14.5. The Labute approximate surface area is 114 Å². The van der Waals surface area contributed by atoms with Gasteiger partial charge in [0.2, 0.25) is 0 Å². The molecule has 1 saturated heterocycles. The van der Waals surface area contributed by atoms with Crippen LogP contribution in [0.3, 0.4) is 0 Å². The number of ketones is 2. The van der Waals surface area contributed by atoms with Crippen LogP contribution in [-0.4, -0.2) is 49.2 Å². The number of hydrogen-bond donors (Lipinski definition) is 0. The molecule has 0 unspecified atom stereocenters. The Morgan fingerprint density at radius 3 is 2.16 bits per heavy atom. The van der Waals surface area contributed by atoms with Gasteiger partial charge in [0.25, 0.3) is 0 Å². The molecule has 0 saturated carbocycles. The molecule has 0 bridgehead atoms. The molecule has 5 heteroatoms. The fraction of sp³-hybridized carbons (Fsp3) is 0.786. The van der Waals surface area contributed by atoms with Gasteiger partial charge in [0.1, 0.15) is 11.2 Å². The van der Waals surface area contributed by atoms with E-state index in [4.69, 9.17) is 4.74 Å². The highest BCUT2D eigenvalue weighted by Gasteiger charge is 2.43. The number of likely N-dealkylation sites (tertiary alicyclic amines) is 1. The van der Waals surface area contributed by atoms with E-state index in [0.717, 1.165) is 0 Å². The molecule has 0 aromatic heterocycles. The Balaban J connectivity index is 2.72. The lowest BCUT2D eigenvalue weighted by molar-refractivity contribution is -0.159. The number of esters is 1. The number of carbonyl (C=O) groups is 3. The second-order valence-corrected chi connectivity index (χ2v) is 5.02. The van der Waals surface area contributed by atoms with E-state index in [1.54, 1.807) is 0 Å². The molecule has 0 N–H and O–H groups in total. The summed E-state index contributed by atoms with van der Waals surface area (Å²) in [5.41, 5.74) is -1.03. The number of ether oxygens (including phenoxy) is 1. The SMILES string of the molecule is CCC(CC)(C(=O)CN1CCC(=O)CC1)C(=O)OC. The molecule has 0 aromatic rings. The summed E-state index contributed by atoms with van der Waals surface area (Å²) in [7, 11) is 1.31. The molecule has 1 heterocycles. The van der Waals surface area contributed by atoms with Crippen LogP contribution in [0.15, 0.2) is 0 Å². The summed E-state index contributed by atoms with van der Waals surface area (Å²) in [4.78, 5) is 37.5. The average molecular weight is 269 g/mol. The van der Waals surface area contributed by atoms with Gasteiger partial charge in [0, 0.05) is 25.9 Å². The van der Waals surface area contributed by atoms with Crippen molar-refractivity contribution in [1.82, 2.24) is 4.90 Å². The maximum absolute atomic E-state index is 12.4. The number of rotatable bonds is 6. The molecular weight excluding hydrogens is 246 g/mol. The first kappa shape index (κ1) is 15.8. The summed E-state index contributed by atoms with van der Waals surface area (Å²) in [6, 6.07) is 0. The Morgan fingerprint density at radius 1 is 1.21 bits per heavy atom. The molecule has 108 valence electrons. The number of hydrogen-bond acceptors (Lipinski definition) is 5. The molecule has 1 aliphatic rings. The van der Waals surface area contributed by atoms with Crippen LogP contribution in [0.1, 0.15) is 39.5 Å². The van der Waals surface area contributed by atoms with Crippen molar-refractivity contribution in [3.05, 3.63) is 0 Å². The lowest BCUT2D eigenvalue weighted by Gasteiger charge is -2.31. The van der Waals surface area contributed by atoms with E-state index >= 15 is 0 Å². The minimum Gasteiger partial charge on any atom is -0.468 e. The Bertz CT molecular complexity index is 350. The Morgan fingerprint density at radius 2 is 1.74 bits per heavy atom. The first-order valence-corrected chi connectivity index (χ1v) is 6.86. The summed E-state index contributed by atoms with van der Waals surface area (Å²) >= 11 is 0. The van der Waals surface area contributed by atoms with E-state index in [1.165, 1.54) is 7.11 Å². The third-order valence-electron chi connectivity index (χ3n) is 4.10. The van der Waals surface area contributed by atoms with Gasteiger partial charge >= 0.3 is 5.97 Å². The van der Waals surface area contributed by atoms with Crippen LogP contribution in [-0.2, 0) is 19.1 Å². The quantitative estimate of drug-likeness (QED) is 0.535. The Hall–Kier alpha value is -1.23. The fourth-order valence-electron chi connectivity index (χ4n) is 2.56. The van der Waals surface area contributed by atoms with Crippen LogP contribution in [0.2, 0.25) is 0 Å². The monoisotopic (exact) mass is 269 g/mol. The molecule has 1 rings (SSSR count). The summed E-state index contributed by atoms with van der Waals surface area (Å²) in [6.45, 7) is 5.10. The number of Topliss-reactive ketones (excluding diaryl/α,β-unsaturated/α-hetero) is 2. The zero-order valence-electron chi connectivity index (χ0n) is 12.0. The first-order valence-electron chi connectivity index (χ1n) is 6.86. The van der Waals surface area contributed by atoms with Crippen molar-refractivity contribution in [3.63, 3.8) is 0 Å². The number of piperidine rings is 1. The van der Waals surface area contributed by atoms with E-state index in [-0.39, 0.29) is 18.1 Å². The summed E-state index contributed by atoms with van der Waals surface area (Å²) in [6.07, 6.45) is 1.89. The van der Waals surface area contributed by atoms with Crippen molar-refractivity contribution in [2.75, 3.05) is 26.7 Å². The fourth-order valence-corrected chi connectivity index (χ4v) is 2.56. The number of methoxy groups -OCH3 is 1. The van der Waals surface area contributed by atoms with Crippen molar-refractivity contribution >= 4 is 17.5 Å². The van der Waals surface area contributed by atoms with Crippen molar-refractivity contribution in [1.29, 1.82) is 0 Å². The predicted octanol–water partition coefficient (Wildman–Crippen LogP) is 1.20. The topological polar surface area (TPSA) is 63.7 Å². The predicted molar refractivity (Wildman–Crippen MR) is 70.7 cm³/mol.